The summed E-state index contributed by atoms with van der Waals surface area (Å²) >= 11 is 3.42. The second kappa shape index (κ2) is 4.83. The first kappa shape index (κ1) is 11.4. The summed E-state index contributed by atoms with van der Waals surface area (Å²) in [5.74, 6) is 0.279. The second-order valence-corrected chi connectivity index (χ2v) is 5.75. The summed E-state index contributed by atoms with van der Waals surface area (Å²) in [4.78, 5) is 16.3. The molecule has 0 spiro atoms. The molecule has 2 unspecified atom stereocenters. The van der Waals surface area contributed by atoms with E-state index in [1.165, 1.54) is 25.9 Å². The summed E-state index contributed by atoms with van der Waals surface area (Å²) in [6, 6.07) is 0.373. The fraction of sp³-hybridized carbons (Fsp3) is 0.909. The van der Waals surface area contributed by atoms with Gasteiger partial charge >= 0.3 is 0 Å². The number of carbonyl (C=O) groups excluding carboxylic acids is 1. The van der Waals surface area contributed by atoms with Crippen LogP contribution in [0.3, 0.4) is 0 Å². The Morgan fingerprint density at radius 1 is 1.40 bits per heavy atom. The second-order valence-electron chi connectivity index (χ2n) is 4.64. The maximum atomic E-state index is 11.8. The third-order valence-corrected chi connectivity index (χ3v) is 4.28. The van der Waals surface area contributed by atoms with E-state index in [9.17, 15) is 4.79 Å². The fourth-order valence-electron chi connectivity index (χ4n) is 2.54. The number of hydrogen-bond donors (Lipinski definition) is 0. The molecule has 15 heavy (non-hydrogen) atoms. The van der Waals surface area contributed by atoms with Gasteiger partial charge in [-0.1, -0.05) is 15.9 Å². The molecule has 86 valence electrons. The first-order valence-electron chi connectivity index (χ1n) is 5.85. The Morgan fingerprint density at radius 3 is 2.60 bits per heavy atom. The van der Waals surface area contributed by atoms with Crippen LogP contribution in [0.15, 0.2) is 0 Å². The van der Waals surface area contributed by atoms with Gasteiger partial charge in [-0.2, -0.15) is 0 Å². The van der Waals surface area contributed by atoms with E-state index in [-0.39, 0.29) is 10.7 Å². The van der Waals surface area contributed by atoms with Gasteiger partial charge in [0, 0.05) is 19.1 Å². The molecule has 0 aromatic heterocycles. The lowest BCUT2D eigenvalue weighted by Crippen LogP contribution is -2.43. The molecule has 2 aliphatic heterocycles. The van der Waals surface area contributed by atoms with Crippen LogP contribution in [0, 0.1) is 0 Å². The molecule has 1 amide bonds. The maximum Gasteiger partial charge on any atom is 0.236 e. The molecule has 0 aliphatic carbocycles. The number of nitrogens with zero attached hydrogens (tertiary/aromatic N) is 2. The summed E-state index contributed by atoms with van der Waals surface area (Å²) < 4.78 is 0. The van der Waals surface area contributed by atoms with Crippen molar-refractivity contribution in [2.75, 3.05) is 26.2 Å². The Labute approximate surface area is 99.9 Å². The fourth-order valence-corrected chi connectivity index (χ4v) is 3.01. The first-order chi connectivity index (χ1) is 7.18. The Kier molecular flexibility index (Phi) is 3.67. The molecule has 0 radical (unpaired) electrons. The van der Waals surface area contributed by atoms with Gasteiger partial charge in [-0.25, -0.2) is 0 Å². The Bertz CT molecular complexity index is 241. The van der Waals surface area contributed by atoms with Crippen molar-refractivity contribution in [3.05, 3.63) is 0 Å². The van der Waals surface area contributed by atoms with E-state index in [4.69, 9.17) is 0 Å². The average Bonchev–Trinajstić information content (AvgIpc) is 2.79. The van der Waals surface area contributed by atoms with Gasteiger partial charge in [-0.05, 0) is 39.3 Å². The topological polar surface area (TPSA) is 23.6 Å². The van der Waals surface area contributed by atoms with Gasteiger partial charge in [-0.3, -0.25) is 4.79 Å². The van der Waals surface area contributed by atoms with Gasteiger partial charge < -0.3 is 9.80 Å². The predicted molar refractivity (Wildman–Crippen MR) is 64.2 cm³/mol. The first-order valence-corrected chi connectivity index (χ1v) is 6.77. The monoisotopic (exact) mass is 274 g/mol. The molecule has 3 nitrogen and oxygen atoms in total. The minimum atomic E-state index is 0.0681. The third kappa shape index (κ3) is 2.53. The Balaban J connectivity index is 1.84. The summed E-state index contributed by atoms with van der Waals surface area (Å²) in [5.41, 5.74) is 0. The van der Waals surface area contributed by atoms with E-state index in [0.717, 1.165) is 19.5 Å². The van der Waals surface area contributed by atoms with Crippen molar-refractivity contribution < 1.29 is 4.79 Å². The molecule has 0 bridgehead atoms. The highest BCUT2D eigenvalue weighted by Gasteiger charge is 2.33. The largest absolute Gasteiger partial charge is 0.338 e. The van der Waals surface area contributed by atoms with Crippen LogP contribution in [0.5, 0.6) is 0 Å². The summed E-state index contributed by atoms with van der Waals surface area (Å²) in [5, 5.41) is 0. The van der Waals surface area contributed by atoms with Crippen LogP contribution in [0.25, 0.3) is 0 Å². The summed E-state index contributed by atoms with van der Waals surface area (Å²) in [7, 11) is 0. The lowest BCUT2D eigenvalue weighted by Gasteiger charge is -2.28. The van der Waals surface area contributed by atoms with Crippen LogP contribution in [-0.2, 0) is 4.79 Å². The van der Waals surface area contributed by atoms with Crippen LogP contribution in [0.4, 0.5) is 0 Å². The number of halogens is 1. The molecule has 2 fully saturated rings. The van der Waals surface area contributed by atoms with Crippen LogP contribution in [0.1, 0.15) is 26.2 Å². The number of likely N-dealkylation sites (tertiary alicyclic amines) is 2. The Hall–Kier alpha value is -0.0900. The van der Waals surface area contributed by atoms with Crippen LogP contribution >= 0.6 is 15.9 Å². The average molecular weight is 275 g/mol. The van der Waals surface area contributed by atoms with E-state index >= 15 is 0 Å². The van der Waals surface area contributed by atoms with E-state index in [0.29, 0.717) is 6.04 Å². The molecule has 0 aromatic carbocycles. The molecule has 2 saturated heterocycles. The zero-order chi connectivity index (χ0) is 10.8. The number of hydrogen-bond acceptors (Lipinski definition) is 2. The Morgan fingerprint density at radius 2 is 2.07 bits per heavy atom. The molecule has 4 heteroatoms. The van der Waals surface area contributed by atoms with Gasteiger partial charge in [-0.15, -0.1) is 0 Å². The number of carbonyl (C=O) groups is 1. The number of alkyl halides is 1. The molecule has 0 aromatic rings. The van der Waals surface area contributed by atoms with Crippen LogP contribution in [-0.4, -0.2) is 52.8 Å². The van der Waals surface area contributed by atoms with Crippen molar-refractivity contribution >= 4 is 21.8 Å². The van der Waals surface area contributed by atoms with E-state index in [1.54, 1.807) is 0 Å². The summed E-state index contributed by atoms with van der Waals surface area (Å²) in [6.07, 6.45) is 3.60. The number of amides is 1. The molecular weight excluding hydrogens is 256 g/mol. The zero-order valence-corrected chi connectivity index (χ0v) is 10.9. The SMILES string of the molecule is CC(CN1CCCC1)N1CCC(Br)C1=O. The molecule has 2 atom stereocenters. The molecule has 2 heterocycles. The summed E-state index contributed by atoms with van der Waals surface area (Å²) in [6.45, 7) is 6.56. The highest BCUT2D eigenvalue weighted by Crippen LogP contribution is 2.21. The predicted octanol–water partition coefficient (Wildman–Crippen LogP) is 1.47. The van der Waals surface area contributed by atoms with Gasteiger partial charge in [0.25, 0.3) is 0 Å². The molecule has 2 aliphatic rings. The highest BCUT2D eigenvalue weighted by molar-refractivity contribution is 9.10. The van der Waals surface area contributed by atoms with Gasteiger partial charge in [0.1, 0.15) is 0 Å². The van der Waals surface area contributed by atoms with Crippen molar-refractivity contribution in [2.45, 2.75) is 37.1 Å². The maximum absolute atomic E-state index is 11.8. The zero-order valence-electron chi connectivity index (χ0n) is 9.29. The minimum absolute atomic E-state index is 0.0681. The van der Waals surface area contributed by atoms with Crippen LogP contribution in [0.2, 0.25) is 0 Å². The molecular formula is C11H19BrN2O. The smallest absolute Gasteiger partial charge is 0.236 e. The quantitative estimate of drug-likeness (QED) is 0.728. The number of rotatable bonds is 3. The van der Waals surface area contributed by atoms with Crippen molar-refractivity contribution in [3.8, 4) is 0 Å². The van der Waals surface area contributed by atoms with Gasteiger partial charge in [0.15, 0.2) is 0 Å². The normalized spacial score (nSPS) is 30.1. The lowest BCUT2D eigenvalue weighted by atomic mass is 10.3. The van der Waals surface area contributed by atoms with Crippen LogP contribution < -0.4 is 0 Å². The van der Waals surface area contributed by atoms with Gasteiger partial charge in [0.2, 0.25) is 5.91 Å². The molecule has 0 saturated carbocycles. The van der Waals surface area contributed by atoms with Crippen molar-refractivity contribution in [1.82, 2.24) is 9.80 Å². The standard InChI is InChI=1S/C11H19BrN2O/c1-9(8-13-5-2-3-6-13)14-7-4-10(12)11(14)15/h9-10H,2-8H2,1H3. The molecule has 2 rings (SSSR count). The third-order valence-electron chi connectivity index (χ3n) is 3.43. The minimum Gasteiger partial charge on any atom is -0.338 e. The van der Waals surface area contributed by atoms with E-state index in [2.05, 4.69) is 27.8 Å². The van der Waals surface area contributed by atoms with E-state index < -0.39 is 0 Å². The lowest BCUT2D eigenvalue weighted by molar-refractivity contribution is -0.129. The van der Waals surface area contributed by atoms with Crippen molar-refractivity contribution in [3.63, 3.8) is 0 Å². The van der Waals surface area contributed by atoms with E-state index in [1.807, 2.05) is 4.90 Å². The van der Waals surface area contributed by atoms with Crippen molar-refractivity contribution in [1.29, 1.82) is 0 Å². The van der Waals surface area contributed by atoms with Gasteiger partial charge in [0.05, 0.1) is 4.83 Å². The molecule has 0 N–H and O–H groups in total. The highest BCUT2D eigenvalue weighted by atomic mass is 79.9. The van der Waals surface area contributed by atoms with Crippen molar-refractivity contribution in [2.24, 2.45) is 0 Å².